The van der Waals surface area contributed by atoms with Gasteiger partial charge in [0.2, 0.25) is 0 Å². The van der Waals surface area contributed by atoms with Gasteiger partial charge < -0.3 is 10.7 Å². The molecule has 0 saturated heterocycles. The Morgan fingerprint density at radius 3 is 3.09 bits per heavy atom. The van der Waals surface area contributed by atoms with Gasteiger partial charge in [0.05, 0.1) is 11.9 Å². The van der Waals surface area contributed by atoms with Gasteiger partial charge in [-0.2, -0.15) is 0 Å². The van der Waals surface area contributed by atoms with E-state index < -0.39 is 0 Å². The van der Waals surface area contributed by atoms with Crippen molar-refractivity contribution in [1.82, 2.24) is 9.97 Å². The van der Waals surface area contributed by atoms with E-state index in [0.29, 0.717) is 5.95 Å². The summed E-state index contributed by atoms with van der Waals surface area (Å²) in [6.45, 7) is 2.14. The highest BCUT2D eigenvalue weighted by molar-refractivity contribution is 5.45. The molecule has 0 aliphatic rings. The summed E-state index contributed by atoms with van der Waals surface area (Å²) < 4.78 is 0. The summed E-state index contributed by atoms with van der Waals surface area (Å²) in [6, 6.07) is 0. The second-order valence-corrected chi connectivity index (χ2v) is 2.41. The van der Waals surface area contributed by atoms with E-state index in [1.165, 1.54) is 6.42 Å². The Kier molecular flexibility index (Phi) is 2.72. The topological polar surface area (TPSA) is 54.7 Å². The van der Waals surface area contributed by atoms with Crippen LogP contribution in [0.1, 0.15) is 25.5 Å². The first kappa shape index (κ1) is 7.85. The molecule has 11 heavy (non-hydrogen) atoms. The molecule has 0 atom stereocenters. The lowest BCUT2D eigenvalue weighted by Gasteiger charge is -1.84. The molecule has 1 aromatic rings. The summed E-state index contributed by atoms with van der Waals surface area (Å²) in [5.41, 5.74) is 6.35. The van der Waals surface area contributed by atoms with Crippen LogP contribution in [0.3, 0.4) is 0 Å². The normalized spacial score (nSPS) is 11.0. The first-order valence-corrected chi connectivity index (χ1v) is 3.80. The van der Waals surface area contributed by atoms with Gasteiger partial charge in [0.25, 0.3) is 0 Å². The monoisotopic (exact) mass is 151 g/mol. The van der Waals surface area contributed by atoms with E-state index in [2.05, 4.69) is 23.0 Å². The molecule has 0 spiro atoms. The molecule has 0 aliphatic heterocycles. The van der Waals surface area contributed by atoms with Crippen molar-refractivity contribution < 1.29 is 0 Å². The Labute approximate surface area is 66.3 Å². The van der Waals surface area contributed by atoms with Crippen LogP contribution in [0.15, 0.2) is 12.3 Å². The van der Waals surface area contributed by atoms with Gasteiger partial charge in [0.1, 0.15) is 0 Å². The highest BCUT2D eigenvalue weighted by Crippen LogP contribution is 2.01. The number of rotatable bonds is 3. The predicted octanol–water partition coefficient (Wildman–Crippen LogP) is 1.81. The number of aromatic amines is 1. The van der Waals surface area contributed by atoms with Gasteiger partial charge >= 0.3 is 0 Å². The van der Waals surface area contributed by atoms with Crippen LogP contribution in [-0.4, -0.2) is 9.97 Å². The zero-order chi connectivity index (χ0) is 8.10. The fourth-order valence-electron chi connectivity index (χ4n) is 0.813. The van der Waals surface area contributed by atoms with E-state index in [9.17, 15) is 0 Å². The van der Waals surface area contributed by atoms with E-state index in [4.69, 9.17) is 5.73 Å². The van der Waals surface area contributed by atoms with E-state index >= 15 is 0 Å². The second kappa shape index (κ2) is 3.81. The molecule has 0 fully saturated rings. The molecule has 1 heterocycles. The minimum Gasteiger partial charge on any atom is -0.369 e. The molecular weight excluding hydrogens is 138 g/mol. The number of unbranched alkanes of at least 4 members (excludes halogenated alkanes) is 1. The molecule has 0 aromatic carbocycles. The second-order valence-electron chi connectivity index (χ2n) is 2.41. The number of nitrogens with one attached hydrogen (secondary N) is 1. The Hall–Kier alpha value is -1.25. The first-order chi connectivity index (χ1) is 5.33. The van der Waals surface area contributed by atoms with Gasteiger partial charge in [0.15, 0.2) is 5.95 Å². The SMILES string of the molecule is CCC/C=C/c1cnc(N)[nH]1. The molecule has 3 heteroatoms. The van der Waals surface area contributed by atoms with E-state index in [1.54, 1.807) is 6.20 Å². The number of anilines is 1. The summed E-state index contributed by atoms with van der Waals surface area (Å²) >= 11 is 0. The van der Waals surface area contributed by atoms with E-state index in [1.807, 2.05) is 6.08 Å². The molecule has 0 unspecified atom stereocenters. The van der Waals surface area contributed by atoms with Crippen LogP contribution >= 0.6 is 0 Å². The maximum atomic E-state index is 5.38. The van der Waals surface area contributed by atoms with E-state index in [-0.39, 0.29) is 0 Å². The number of aromatic nitrogens is 2. The van der Waals surface area contributed by atoms with Gasteiger partial charge in [-0.25, -0.2) is 4.98 Å². The maximum absolute atomic E-state index is 5.38. The van der Waals surface area contributed by atoms with Crippen LogP contribution < -0.4 is 5.73 Å². The van der Waals surface area contributed by atoms with Gasteiger partial charge in [-0.1, -0.05) is 19.4 Å². The van der Waals surface area contributed by atoms with Crippen molar-refractivity contribution in [3.05, 3.63) is 18.0 Å². The predicted molar refractivity (Wildman–Crippen MR) is 46.9 cm³/mol. The van der Waals surface area contributed by atoms with Crippen LogP contribution in [0.4, 0.5) is 5.95 Å². The molecule has 60 valence electrons. The zero-order valence-corrected chi connectivity index (χ0v) is 6.67. The summed E-state index contributed by atoms with van der Waals surface area (Å²) in [6.07, 6.45) is 8.08. The average molecular weight is 151 g/mol. The number of hydrogen-bond donors (Lipinski definition) is 2. The lowest BCUT2D eigenvalue weighted by atomic mass is 10.3. The fourth-order valence-corrected chi connectivity index (χ4v) is 0.813. The summed E-state index contributed by atoms with van der Waals surface area (Å²) in [5, 5.41) is 0. The summed E-state index contributed by atoms with van der Waals surface area (Å²) in [7, 11) is 0. The summed E-state index contributed by atoms with van der Waals surface area (Å²) in [5.74, 6) is 0.473. The molecule has 0 saturated carbocycles. The van der Waals surface area contributed by atoms with Crippen molar-refractivity contribution in [2.24, 2.45) is 0 Å². The highest BCUT2D eigenvalue weighted by atomic mass is 15.0. The number of nitrogens with two attached hydrogens (primary N) is 1. The Bertz CT molecular complexity index is 237. The summed E-state index contributed by atoms with van der Waals surface area (Å²) in [4.78, 5) is 6.78. The van der Waals surface area contributed by atoms with Crippen molar-refractivity contribution in [2.45, 2.75) is 19.8 Å². The van der Waals surface area contributed by atoms with Crippen molar-refractivity contribution in [3.8, 4) is 0 Å². The molecular formula is C8H13N3. The minimum absolute atomic E-state index is 0.473. The van der Waals surface area contributed by atoms with Gasteiger partial charge in [0, 0.05) is 0 Å². The van der Waals surface area contributed by atoms with Crippen LogP contribution in [0.25, 0.3) is 6.08 Å². The minimum atomic E-state index is 0.473. The Morgan fingerprint density at radius 1 is 1.73 bits per heavy atom. The molecule has 0 bridgehead atoms. The largest absolute Gasteiger partial charge is 0.369 e. The molecule has 1 rings (SSSR count). The molecule has 1 aromatic heterocycles. The third-order valence-electron chi connectivity index (χ3n) is 1.37. The fraction of sp³-hybridized carbons (Fsp3) is 0.375. The number of H-pyrrole nitrogens is 1. The van der Waals surface area contributed by atoms with Crippen LogP contribution in [0, 0.1) is 0 Å². The number of nitrogen functional groups attached to an aromatic ring is 1. The number of nitrogens with zero attached hydrogens (tertiary/aromatic N) is 1. The Morgan fingerprint density at radius 2 is 2.55 bits per heavy atom. The van der Waals surface area contributed by atoms with Gasteiger partial charge in [-0.3, -0.25) is 0 Å². The van der Waals surface area contributed by atoms with Gasteiger partial charge in [-0.05, 0) is 12.5 Å². The van der Waals surface area contributed by atoms with Crippen molar-refractivity contribution in [2.75, 3.05) is 5.73 Å². The molecule has 0 radical (unpaired) electrons. The lowest BCUT2D eigenvalue weighted by molar-refractivity contribution is 0.962. The maximum Gasteiger partial charge on any atom is 0.197 e. The van der Waals surface area contributed by atoms with Crippen molar-refractivity contribution in [3.63, 3.8) is 0 Å². The smallest absolute Gasteiger partial charge is 0.197 e. The van der Waals surface area contributed by atoms with E-state index in [0.717, 1.165) is 12.1 Å². The third kappa shape index (κ3) is 2.45. The first-order valence-electron chi connectivity index (χ1n) is 3.80. The average Bonchev–Trinajstić information content (AvgIpc) is 2.37. The van der Waals surface area contributed by atoms with Crippen molar-refractivity contribution in [1.29, 1.82) is 0 Å². The third-order valence-corrected chi connectivity index (χ3v) is 1.37. The number of allylic oxidation sites excluding steroid dienone is 1. The molecule has 0 amide bonds. The number of hydrogen-bond acceptors (Lipinski definition) is 2. The van der Waals surface area contributed by atoms with Crippen molar-refractivity contribution >= 4 is 12.0 Å². The highest BCUT2D eigenvalue weighted by Gasteiger charge is 1.89. The molecule has 0 aliphatic carbocycles. The molecule has 3 N–H and O–H groups in total. The standard InChI is InChI=1S/C8H13N3/c1-2-3-4-5-7-6-10-8(9)11-7/h4-6H,2-3H2,1H3,(H3,9,10,11)/b5-4+. The Balaban J connectivity index is 2.50. The van der Waals surface area contributed by atoms with Gasteiger partial charge in [-0.15, -0.1) is 0 Å². The lowest BCUT2D eigenvalue weighted by Crippen LogP contribution is -1.84. The van der Waals surface area contributed by atoms with Crippen LogP contribution in [0.5, 0.6) is 0 Å². The zero-order valence-electron chi connectivity index (χ0n) is 6.67. The number of imidazole rings is 1. The molecule has 3 nitrogen and oxygen atoms in total. The van der Waals surface area contributed by atoms with Crippen LogP contribution in [-0.2, 0) is 0 Å². The quantitative estimate of drug-likeness (QED) is 0.692. The van der Waals surface area contributed by atoms with Crippen LogP contribution in [0.2, 0.25) is 0 Å².